The molecule has 0 bridgehead atoms. The van der Waals surface area contributed by atoms with Crippen LogP contribution in [0.1, 0.15) is 16.1 Å². The van der Waals surface area contributed by atoms with Crippen molar-refractivity contribution < 1.29 is 27.4 Å². The Balaban J connectivity index is 1.48. The van der Waals surface area contributed by atoms with Gasteiger partial charge in [-0.2, -0.15) is 18.3 Å². The molecular formula is C26H24F3N5O3. The minimum atomic E-state index is -4.72. The highest BCUT2D eigenvalue weighted by atomic mass is 19.4. The minimum Gasteiger partial charge on any atom is -0.496 e. The number of aromatic nitrogens is 3. The number of benzene rings is 2. The maximum atomic E-state index is 14.0. The fourth-order valence-corrected chi connectivity index (χ4v) is 4.52. The number of halogens is 3. The number of fused-ring (bicyclic) bond motifs is 1. The van der Waals surface area contributed by atoms with Gasteiger partial charge in [-0.3, -0.25) is 4.79 Å². The summed E-state index contributed by atoms with van der Waals surface area (Å²) < 4.78 is 53.4. The van der Waals surface area contributed by atoms with E-state index in [1.807, 2.05) is 24.3 Å². The summed E-state index contributed by atoms with van der Waals surface area (Å²) in [6.45, 7) is 1.84. The summed E-state index contributed by atoms with van der Waals surface area (Å²) in [5.41, 5.74) is 0.154. The van der Waals surface area contributed by atoms with E-state index in [4.69, 9.17) is 9.47 Å². The second-order valence-corrected chi connectivity index (χ2v) is 8.47. The van der Waals surface area contributed by atoms with Gasteiger partial charge in [0, 0.05) is 31.7 Å². The molecule has 1 fully saturated rings. The van der Waals surface area contributed by atoms with Crippen molar-refractivity contribution in [2.24, 2.45) is 0 Å². The van der Waals surface area contributed by atoms with Crippen molar-refractivity contribution in [3.05, 3.63) is 72.1 Å². The van der Waals surface area contributed by atoms with E-state index in [2.05, 4.69) is 15.0 Å². The summed E-state index contributed by atoms with van der Waals surface area (Å²) in [4.78, 5) is 21.6. The van der Waals surface area contributed by atoms with Crippen LogP contribution in [0.2, 0.25) is 0 Å². The Morgan fingerprint density at radius 1 is 0.919 bits per heavy atom. The largest absolute Gasteiger partial charge is 0.496 e. The van der Waals surface area contributed by atoms with Gasteiger partial charge in [-0.15, -0.1) is 0 Å². The van der Waals surface area contributed by atoms with Crippen LogP contribution in [0.15, 0.2) is 60.8 Å². The third kappa shape index (κ3) is 4.52. The molecule has 3 heterocycles. The third-order valence-electron chi connectivity index (χ3n) is 6.37. The lowest BCUT2D eigenvalue weighted by atomic mass is 10.1. The first-order chi connectivity index (χ1) is 17.8. The molecule has 8 nitrogen and oxygen atoms in total. The van der Waals surface area contributed by atoms with E-state index in [1.54, 1.807) is 36.3 Å². The molecule has 1 aliphatic rings. The summed E-state index contributed by atoms with van der Waals surface area (Å²) in [5, 5.41) is 3.89. The number of hydrogen-bond acceptors (Lipinski definition) is 6. The highest BCUT2D eigenvalue weighted by Gasteiger charge is 2.37. The molecule has 11 heteroatoms. The quantitative estimate of drug-likeness (QED) is 0.396. The molecule has 0 spiro atoms. The van der Waals surface area contributed by atoms with Crippen molar-refractivity contribution in [2.45, 2.75) is 6.18 Å². The zero-order chi connectivity index (χ0) is 26.2. The van der Waals surface area contributed by atoms with Crippen LogP contribution in [0.3, 0.4) is 0 Å². The SMILES string of the molecule is COc1ccccc1-c1cc(C(F)(F)F)n2ncc(C(=O)N3CCN(c4ccccc4OC)CC3)c2n1. The van der Waals surface area contributed by atoms with Gasteiger partial charge in [-0.25, -0.2) is 9.50 Å². The van der Waals surface area contributed by atoms with Gasteiger partial charge in [0.2, 0.25) is 0 Å². The predicted molar refractivity (Wildman–Crippen MR) is 131 cm³/mol. The molecule has 1 amide bonds. The average Bonchev–Trinajstić information content (AvgIpc) is 3.35. The van der Waals surface area contributed by atoms with Crippen LogP contribution in [-0.4, -0.2) is 65.8 Å². The van der Waals surface area contributed by atoms with Crippen molar-refractivity contribution in [2.75, 3.05) is 45.3 Å². The number of para-hydroxylation sites is 3. The van der Waals surface area contributed by atoms with Gasteiger partial charge in [0.25, 0.3) is 5.91 Å². The van der Waals surface area contributed by atoms with Crippen LogP contribution in [0.25, 0.3) is 16.9 Å². The number of carbonyl (C=O) groups excluding carboxylic acids is 1. The van der Waals surface area contributed by atoms with E-state index in [9.17, 15) is 18.0 Å². The zero-order valence-electron chi connectivity index (χ0n) is 20.2. The van der Waals surface area contributed by atoms with E-state index < -0.39 is 17.8 Å². The molecule has 0 radical (unpaired) electrons. The number of piperazine rings is 1. The molecule has 37 heavy (non-hydrogen) atoms. The molecule has 0 saturated carbocycles. The number of methoxy groups -OCH3 is 2. The average molecular weight is 512 g/mol. The summed E-state index contributed by atoms with van der Waals surface area (Å²) in [6.07, 6.45) is -3.57. The number of rotatable bonds is 5. The summed E-state index contributed by atoms with van der Waals surface area (Å²) in [5.74, 6) is 0.678. The molecule has 0 atom stereocenters. The predicted octanol–water partition coefficient (Wildman–Crippen LogP) is 4.39. The van der Waals surface area contributed by atoms with Gasteiger partial charge in [0.05, 0.1) is 31.8 Å². The van der Waals surface area contributed by atoms with Crippen LogP contribution < -0.4 is 14.4 Å². The Morgan fingerprint density at radius 2 is 1.57 bits per heavy atom. The fraction of sp³-hybridized carbons (Fsp3) is 0.269. The maximum absolute atomic E-state index is 14.0. The Hall–Kier alpha value is -4.28. The minimum absolute atomic E-state index is 0.00740. The molecular weight excluding hydrogens is 487 g/mol. The van der Waals surface area contributed by atoms with Crippen LogP contribution in [0, 0.1) is 0 Å². The Morgan fingerprint density at radius 3 is 2.24 bits per heavy atom. The molecule has 0 unspecified atom stereocenters. The van der Waals surface area contributed by atoms with Gasteiger partial charge >= 0.3 is 6.18 Å². The van der Waals surface area contributed by atoms with Gasteiger partial charge in [-0.1, -0.05) is 24.3 Å². The molecule has 1 aliphatic heterocycles. The van der Waals surface area contributed by atoms with Crippen molar-refractivity contribution in [3.8, 4) is 22.8 Å². The number of nitrogens with zero attached hydrogens (tertiary/aromatic N) is 5. The molecule has 2 aromatic carbocycles. The monoisotopic (exact) mass is 511 g/mol. The van der Waals surface area contributed by atoms with Crippen LogP contribution in [-0.2, 0) is 6.18 Å². The van der Waals surface area contributed by atoms with E-state index in [0.717, 1.165) is 23.7 Å². The number of hydrogen-bond donors (Lipinski definition) is 0. The number of alkyl halides is 3. The standard InChI is InChI=1S/C26H24F3N5O3/c1-36-21-9-5-3-7-17(21)19-15-23(26(27,28)29)34-24(31-19)18(16-30-34)25(35)33-13-11-32(12-14-33)20-8-4-6-10-22(20)37-2/h3-10,15-16H,11-14H2,1-2H3. The van der Waals surface area contributed by atoms with Crippen LogP contribution in [0.5, 0.6) is 11.5 Å². The molecule has 1 saturated heterocycles. The third-order valence-corrected chi connectivity index (χ3v) is 6.37. The number of ether oxygens (including phenoxy) is 2. The van der Waals surface area contributed by atoms with E-state index in [-0.39, 0.29) is 16.9 Å². The summed E-state index contributed by atoms with van der Waals surface area (Å²) in [7, 11) is 3.03. The van der Waals surface area contributed by atoms with Crippen molar-refractivity contribution in [1.82, 2.24) is 19.5 Å². The van der Waals surface area contributed by atoms with Gasteiger partial charge in [0.15, 0.2) is 11.3 Å². The van der Waals surface area contributed by atoms with E-state index in [1.165, 1.54) is 7.11 Å². The topological polar surface area (TPSA) is 72.2 Å². The number of amides is 1. The lowest BCUT2D eigenvalue weighted by molar-refractivity contribution is -0.142. The van der Waals surface area contributed by atoms with Crippen LogP contribution in [0.4, 0.5) is 18.9 Å². The fourth-order valence-electron chi connectivity index (χ4n) is 4.52. The highest BCUT2D eigenvalue weighted by molar-refractivity contribution is 6.00. The first-order valence-electron chi connectivity index (χ1n) is 11.6. The molecule has 5 rings (SSSR count). The van der Waals surface area contributed by atoms with Gasteiger partial charge < -0.3 is 19.3 Å². The molecule has 192 valence electrons. The second kappa shape index (κ2) is 9.64. The number of anilines is 1. The molecule has 2 aromatic heterocycles. The van der Waals surface area contributed by atoms with E-state index in [0.29, 0.717) is 42.0 Å². The second-order valence-electron chi connectivity index (χ2n) is 8.47. The molecule has 0 aliphatic carbocycles. The molecule has 4 aromatic rings. The summed E-state index contributed by atoms with van der Waals surface area (Å²) >= 11 is 0. The smallest absolute Gasteiger partial charge is 0.433 e. The zero-order valence-corrected chi connectivity index (χ0v) is 20.2. The van der Waals surface area contributed by atoms with E-state index >= 15 is 0 Å². The summed E-state index contributed by atoms with van der Waals surface area (Å²) in [6, 6.07) is 15.2. The normalized spacial score (nSPS) is 14.2. The maximum Gasteiger partial charge on any atom is 0.433 e. The molecule has 0 N–H and O–H groups in total. The first kappa shape index (κ1) is 24.4. The van der Waals surface area contributed by atoms with Crippen molar-refractivity contribution in [1.29, 1.82) is 0 Å². The Kier molecular flexibility index (Phi) is 6.36. The van der Waals surface area contributed by atoms with Crippen LogP contribution >= 0.6 is 0 Å². The first-order valence-corrected chi connectivity index (χ1v) is 11.6. The van der Waals surface area contributed by atoms with Gasteiger partial charge in [0.1, 0.15) is 17.1 Å². The van der Waals surface area contributed by atoms with Crippen molar-refractivity contribution in [3.63, 3.8) is 0 Å². The van der Waals surface area contributed by atoms with Gasteiger partial charge in [-0.05, 0) is 30.3 Å². The highest BCUT2D eigenvalue weighted by Crippen LogP contribution is 2.35. The lowest BCUT2D eigenvalue weighted by Gasteiger charge is -2.36. The number of carbonyl (C=O) groups is 1. The Labute approximate surface area is 210 Å². The van der Waals surface area contributed by atoms with Crippen molar-refractivity contribution >= 4 is 17.2 Å². The Bertz CT molecular complexity index is 1450. The lowest BCUT2D eigenvalue weighted by Crippen LogP contribution is -2.48.